The van der Waals surface area contributed by atoms with Crippen molar-refractivity contribution < 1.29 is 14.6 Å². The lowest BCUT2D eigenvalue weighted by Gasteiger charge is -2.47. The van der Waals surface area contributed by atoms with Crippen LogP contribution in [-0.4, -0.2) is 46.1 Å². The van der Waals surface area contributed by atoms with Crippen LogP contribution in [0.3, 0.4) is 0 Å². The summed E-state index contributed by atoms with van der Waals surface area (Å²) in [5, 5.41) is 9.15. The van der Waals surface area contributed by atoms with E-state index in [-0.39, 0.29) is 12.2 Å². The van der Waals surface area contributed by atoms with E-state index in [1.54, 1.807) is 12.3 Å². The van der Waals surface area contributed by atoms with Crippen LogP contribution in [0, 0.1) is 0 Å². The number of pyridine rings is 1. The van der Waals surface area contributed by atoms with Gasteiger partial charge in [0.25, 0.3) is 5.56 Å². The summed E-state index contributed by atoms with van der Waals surface area (Å²) in [5.74, 6) is 0.420. The van der Waals surface area contributed by atoms with Crippen molar-refractivity contribution in [3.63, 3.8) is 0 Å². The minimum absolute atomic E-state index is 0.0600. The lowest BCUT2D eigenvalue weighted by molar-refractivity contribution is -0.231. The van der Waals surface area contributed by atoms with Crippen molar-refractivity contribution in [2.45, 2.75) is 57.1 Å². The zero-order chi connectivity index (χ0) is 19.8. The van der Waals surface area contributed by atoms with E-state index in [0.29, 0.717) is 13.2 Å². The van der Waals surface area contributed by atoms with E-state index in [1.165, 1.54) is 23.8 Å². The van der Waals surface area contributed by atoms with E-state index in [9.17, 15) is 4.79 Å². The zero-order valence-corrected chi connectivity index (χ0v) is 16.7. The number of aromatic nitrogens is 1. The van der Waals surface area contributed by atoms with Crippen molar-refractivity contribution in [3.8, 4) is 16.9 Å². The number of piperidine rings is 1. The zero-order valence-electron chi connectivity index (χ0n) is 16.7. The first-order valence-corrected chi connectivity index (χ1v) is 10.7. The summed E-state index contributed by atoms with van der Waals surface area (Å²) >= 11 is 0. The number of rotatable bonds is 4. The SMILES string of the molecule is O=c1ccc(-c2ccc3c(c2)COC2(CCN(C4CCC4)CC2)O3)cn1CCO. The highest BCUT2D eigenvalue weighted by molar-refractivity contribution is 5.65. The molecule has 6 nitrogen and oxygen atoms in total. The number of benzene rings is 1. The molecule has 1 aromatic carbocycles. The van der Waals surface area contributed by atoms with Crippen molar-refractivity contribution in [2.75, 3.05) is 19.7 Å². The van der Waals surface area contributed by atoms with Crippen LogP contribution in [0.2, 0.25) is 0 Å². The third kappa shape index (κ3) is 3.61. The topological polar surface area (TPSA) is 63.9 Å². The smallest absolute Gasteiger partial charge is 0.250 e. The molecular weight excluding hydrogens is 368 g/mol. The Hall–Kier alpha value is -2.15. The molecule has 0 bridgehead atoms. The molecule has 0 amide bonds. The third-order valence-corrected chi connectivity index (χ3v) is 6.66. The number of hydrogen-bond acceptors (Lipinski definition) is 5. The van der Waals surface area contributed by atoms with E-state index in [4.69, 9.17) is 14.6 Å². The van der Waals surface area contributed by atoms with Crippen LogP contribution >= 0.6 is 0 Å². The summed E-state index contributed by atoms with van der Waals surface area (Å²) in [6.45, 7) is 2.87. The van der Waals surface area contributed by atoms with E-state index in [0.717, 1.165) is 54.4 Å². The second-order valence-corrected chi connectivity index (χ2v) is 8.42. The molecule has 29 heavy (non-hydrogen) atoms. The highest BCUT2D eigenvalue weighted by Gasteiger charge is 2.42. The molecule has 3 aliphatic rings. The number of ether oxygens (including phenoxy) is 2. The monoisotopic (exact) mass is 396 g/mol. The van der Waals surface area contributed by atoms with Gasteiger partial charge in [0, 0.05) is 56.3 Å². The van der Waals surface area contributed by atoms with Gasteiger partial charge in [-0.2, -0.15) is 0 Å². The normalized spacial score (nSPS) is 21.4. The number of likely N-dealkylation sites (tertiary alicyclic amines) is 1. The average Bonchev–Trinajstić information content (AvgIpc) is 2.70. The molecule has 2 aliphatic heterocycles. The van der Waals surface area contributed by atoms with Crippen molar-refractivity contribution in [3.05, 3.63) is 52.4 Å². The lowest BCUT2D eigenvalue weighted by atomic mass is 9.89. The molecule has 1 saturated carbocycles. The van der Waals surface area contributed by atoms with Gasteiger partial charge < -0.3 is 19.1 Å². The maximum absolute atomic E-state index is 11.9. The maximum atomic E-state index is 11.9. The van der Waals surface area contributed by atoms with E-state index in [1.807, 2.05) is 18.2 Å². The number of aliphatic hydroxyl groups is 1. The summed E-state index contributed by atoms with van der Waals surface area (Å²) < 4.78 is 14.2. The molecule has 1 spiro atoms. The van der Waals surface area contributed by atoms with Gasteiger partial charge in [-0.05, 0) is 42.2 Å². The molecule has 1 N–H and O–H groups in total. The molecule has 1 aromatic heterocycles. The Bertz CT molecular complexity index is 942. The number of nitrogens with zero attached hydrogens (tertiary/aromatic N) is 2. The fourth-order valence-electron chi connectivity index (χ4n) is 4.62. The van der Waals surface area contributed by atoms with Gasteiger partial charge in [-0.25, -0.2) is 0 Å². The van der Waals surface area contributed by atoms with Gasteiger partial charge in [0.15, 0.2) is 0 Å². The maximum Gasteiger partial charge on any atom is 0.250 e. The molecule has 1 saturated heterocycles. The largest absolute Gasteiger partial charge is 0.462 e. The van der Waals surface area contributed by atoms with Crippen LogP contribution in [0.15, 0.2) is 41.3 Å². The number of hydrogen-bond donors (Lipinski definition) is 1. The van der Waals surface area contributed by atoms with Gasteiger partial charge in [0.05, 0.1) is 13.2 Å². The minimum atomic E-state index is -0.483. The Morgan fingerprint density at radius 1 is 1.10 bits per heavy atom. The molecule has 0 radical (unpaired) electrons. The molecule has 2 fully saturated rings. The van der Waals surface area contributed by atoms with E-state index < -0.39 is 5.79 Å². The Labute approximate surface area is 170 Å². The molecule has 3 heterocycles. The van der Waals surface area contributed by atoms with Crippen LogP contribution in [0.4, 0.5) is 0 Å². The molecule has 0 atom stereocenters. The number of fused-ring (bicyclic) bond motifs is 1. The Morgan fingerprint density at radius 2 is 1.90 bits per heavy atom. The number of aliphatic hydroxyl groups excluding tert-OH is 1. The van der Waals surface area contributed by atoms with Gasteiger partial charge in [-0.15, -0.1) is 0 Å². The Morgan fingerprint density at radius 3 is 2.62 bits per heavy atom. The van der Waals surface area contributed by atoms with Crippen LogP contribution in [0.1, 0.15) is 37.7 Å². The van der Waals surface area contributed by atoms with Crippen LogP contribution in [-0.2, 0) is 17.9 Å². The average molecular weight is 396 g/mol. The summed E-state index contributed by atoms with van der Waals surface area (Å²) in [5.41, 5.74) is 2.88. The molecule has 1 aliphatic carbocycles. The molecule has 6 heteroatoms. The summed E-state index contributed by atoms with van der Waals surface area (Å²) in [6, 6.07) is 10.3. The molecule has 5 rings (SSSR count). The van der Waals surface area contributed by atoms with E-state index in [2.05, 4.69) is 11.0 Å². The summed E-state index contributed by atoms with van der Waals surface area (Å²) in [7, 11) is 0. The van der Waals surface area contributed by atoms with Crippen molar-refractivity contribution in [1.82, 2.24) is 9.47 Å². The van der Waals surface area contributed by atoms with Crippen LogP contribution in [0.25, 0.3) is 11.1 Å². The van der Waals surface area contributed by atoms with E-state index >= 15 is 0 Å². The van der Waals surface area contributed by atoms with Crippen molar-refractivity contribution >= 4 is 0 Å². The van der Waals surface area contributed by atoms with Crippen LogP contribution in [0.5, 0.6) is 5.75 Å². The fraction of sp³-hybridized carbons (Fsp3) is 0.522. The highest BCUT2D eigenvalue weighted by atomic mass is 16.7. The standard InChI is InChI=1S/C23H28N2O4/c26-13-12-25-15-18(5-7-22(25)27)17-4-6-21-19(14-17)16-28-23(29-21)8-10-24(11-9-23)20-2-1-3-20/h4-7,14-15,20,26H,1-3,8-13,16H2. The second-order valence-electron chi connectivity index (χ2n) is 8.42. The summed E-state index contributed by atoms with van der Waals surface area (Å²) in [4.78, 5) is 14.5. The Kier molecular flexibility index (Phi) is 4.94. The molecular formula is C23H28N2O4. The molecule has 2 aromatic rings. The van der Waals surface area contributed by atoms with Crippen molar-refractivity contribution in [2.24, 2.45) is 0 Å². The quantitative estimate of drug-likeness (QED) is 0.861. The first-order valence-electron chi connectivity index (χ1n) is 10.7. The van der Waals surface area contributed by atoms with Crippen molar-refractivity contribution in [1.29, 1.82) is 0 Å². The predicted molar refractivity (Wildman–Crippen MR) is 110 cm³/mol. The van der Waals surface area contributed by atoms with Crippen LogP contribution < -0.4 is 10.3 Å². The molecule has 154 valence electrons. The molecule has 0 unspecified atom stereocenters. The first-order chi connectivity index (χ1) is 14.2. The highest BCUT2D eigenvalue weighted by Crippen LogP contribution is 2.40. The first kappa shape index (κ1) is 18.9. The van der Waals surface area contributed by atoms with Gasteiger partial charge >= 0.3 is 0 Å². The lowest BCUT2D eigenvalue weighted by Crippen LogP contribution is -2.54. The predicted octanol–water partition coefficient (Wildman–Crippen LogP) is 2.76. The summed E-state index contributed by atoms with van der Waals surface area (Å²) in [6.07, 6.45) is 7.67. The van der Waals surface area contributed by atoms with Gasteiger partial charge in [-0.1, -0.05) is 12.5 Å². The van der Waals surface area contributed by atoms with Gasteiger partial charge in [-0.3, -0.25) is 9.69 Å². The third-order valence-electron chi connectivity index (χ3n) is 6.66. The fourth-order valence-corrected chi connectivity index (χ4v) is 4.62. The second kappa shape index (κ2) is 7.59. The van der Waals surface area contributed by atoms with Gasteiger partial charge in [0.1, 0.15) is 5.75 Å². The minimum Gasteiger partial charge on any atom is -0.462 e. The Balaban J connectivity index is 1.32. The van der Waals surface area contributed by atoms with Gasteiger partial charge in [0.2, 0.25) is 5.79 Å².